The van der Waals surface area contributed by atoms with Gasteiger partial charge in [-0.05, 0) is 13.0 Å². The molecule has 0 aliphatic rings. The number of hydrogen-bond donors (Lipinski definition) is 1. The van der Waals surface area contributed by atoms with Crippen LogP contribution in [-0.2, 0) is 7.05 Å². The summed E-state index contributed by atoms with van der Waals surface area (Å²) >= 11 is 1.17. The Balaban J connectivity index is 2.35. The molecule has 6 heteroatoms. The van der Waals surface area contributed by atoms with E-state index in [-0.39, 0.29) is 16.5 Å². The molecule has 5 nitrogen and oxygen atoms in total. The molecule has 0 atom stereocenters. The molecule has 0 unspecified atom stereocenters. The van der Waals surface area contributed by atoms with Gasteiger partial charge in [0.25, 0.3) is 5.56 Å². The second kappa shape index (κ2) is 4.82. The van der Waals surface area contributed by atoms with Crippen molar-refractivity contribution in [3.63, 3.8) is 0 Å². The zero-order valence-corrected chi connectivity index (χ0v) is 12.3. The molecule has 21 heavy (non-hydrogen) atoms. The van der Waals surface area contributed by atoms with Crippen LogP contribution in [0.5, 0.6) is 0 Å². The lowest BCUT2D eigenvalue weighted by Crippen LogP contribution is -2.21. The minimum atomic E-state index is -1.11. The van der Waals surface area contributed by atoms with Crippen LogP contribution in [0.3, 0.4) is 0 Å². The highest BCUT2D eigenvalue weighted by Crippen LogP contribution is 2.25. The zero-order chi connectivity index (χ0) is 15.1. The van der Waals surface area contributed by atoms with Crippen LogP contribution in [0, 0.1) is 6.92 Å². The van der Waals surface area contributed by atoms with E-state index in [2.05, 4.69) is 4.98 Å². The predicted octanol–water partition coefficient (Wildman–Crippen LogP) is 2.67. The third-order valence-corrected chi connectivity index (χ3v) is 4.19. The van der Waals surface area contributed by atoms with E-state index >= 15 is 0 Å². The third kappa shape index (κ3) is 2.13. The standard InChI is InChI=1S/C15H12N2O3S/c1-8-4-3-5-9(6-8)12-16-13-11(14(18)17(12)2)10(7-21-13)15(19)20/h3-7H,1-2H3,(H,19,20). The van der Waals surface area contributed by atoms with Crippen LogP contribution in [0.15, 0.2) is 34.4 Å². The smallest absolute Gasteiger partial charge is 0.337 e. The summed E-state index contributed by atoms with van der Waals surface area (Å²) < 4.78 is 1.40. The molecule has 0 amide bonds. The van der Waals surface area contributed by atoms with Gasteiger partial charge in [0, 0.05) is 18.0 Å². The molecule has 0 aliphatic carbocycles. The SMILES string of the molecule is Cc1cccc(-c2nc3scc(C(=O)O)c3c(=O)n2C)c1. The highest BCUT2D eigenvalue weighted by molar-refractivity contribution is 7.17. The van der Waals surface area contributed by atoms with Gasteiger partial charge in [-0.3, -0.25) is 9.36 Å². The molecule has 3 aromatic rings. The first kappa shape index (κ1) is 13.5. The van der Waals surface area contributed by atoms with Crippen LogP contribution >= 0.6 is 11.3 Å². The highest BCUT2D eigenvalue weighted by atomic mass is 32.1. The van der Waals surface area contributed by atoms with Crippen molar-refractivity contribution in [3.8, 4) is 11.4 Å². The Hall–Kier alpha value is -2.47. The Morgan fingerprint density at radius 1 is 1.38 bits per heavy atom. The van der Waals surface area contributed by atoms with Crippen molar-refractivity contribution < 1.29 is 9.90 Å². The maximum Gasteiger partial charge on any atom is 0.337 e. The zero-order valence-electron chi connectivity index (χ0n) is 11.5. The second-order valence-electron chi connectivity index (χ2n) is 4.80. The predicted molar refractivity (Wildman–Crippen MR) is 82.0 cm³/mol. The fraction of sp³-hybridized carbons (Fsp3) is 0.133. The number of aryl methyl sites for hydroxylation is 1. The van der Waals surface area contributed by atoms with Gasteiger partial charge in [-0.2, -0.15) is 0 Å². The molecular formula is C15H12N2O3S. The number of aromatic nitrogens is 2. The van der Waals surface area contributed by atoms with Crippen LogP contribution in [0.4, 0.5) is 0 Å². The first-order valence-corrected chi connectivity index (χ1v) is 7.15. The van der Waals surface area contributed by atoms with Crippen molar-refractivity contribution in [2.75, 3.05) is 0 Å². The number of aromatic carboxylic acids is 1. The largest absolute Gasteiger partial charge is 0.478 e. The van der Waals surface area contributed by atoms with Gasteiger partial charge in [0.05, 0.1) is 10.9 Å². The normalized spacial score (nSPS) is 11.0. The molecule has 3 rings (SSSR count). The van der Waals surface area contributed by atoms with Gasteiger partial charge in [0.2, 0.25) is 0 Å². The summed E-state index contributed by atoms with van der Waals surface area (Å²) in [5.41, 5.74) is 1.58. The molecule has 0 radical (unpaired) electrons. The van der Waals surface area contributed by atoms with E-state index in [1.54, 1.807) is 7.05 Å². The van der Waals surface area contributed by atoms with Gasteiger partial charge in [-0.15, -0.1) is 11.3 Å². The molecule has 0 spiro atoms. The van der Waals surface area contributed by atoms with E-state index in [1.165, 1.54) is 21.3 Å². The molecule has 2 heterocycles. The number of carboxylic acids is 1. The maximum absolute atomic E-state index is 12.5. The second-order valence-corrected chi connectivity index (χ2v) is 5.66. The van der Waals surface area contributed by atoms with E-state index < -0.39 is 5.97 Å². The first-order chi connectivity index (χ1) is 9.99. The van der Waals surface area contributed by atoms with Crippen molar-refractivity contribution in [1.82, 2.24) is 9.55 Å². The van der Waals surface area contributed by atoms with Crippen LogP contribution in [0.1, 0.15) is 15.9 Å². The number of carbonyl (C=O) groups is 1. The number of benzene rings is 1. The van der Waals surface area contributed by atoms with Crippen molar-refractivity contribution in [1.29, 1.82) is 0 Å². The lowest BCUT2D eigenvalue weighted by Gasteiger charge is -2.08. The van der Waals surface area contributed by atoms with Gasteiger partial charge in [-0.25, -0.2) is 9.78 Å². The fourth-order valence-corrected chi connectivity index (χ4v) is 3.17. The first-order valence-electron chi connectivity index (χ1n) is 6.27. The minimum absolute atomic E-state index is 0.0129. The molecule has 106 valence electrons. The van der Waals surface area contributed by atoms with E-state index in [4.69, 9.17) is 5.11 Å². The molecule has 2 aromatic heterocycles. The maximum atomic E-state index is 12.5. The molecule has 0 saturated heterocycles. The van der Waals surface area contributed by atoms with Crippen LogP contribution in [0.25, 0.3) is 21.6 Å². The van der Waals surface area contributed by atoms with Gasteiger partial charge < -0.3 is 5.11 Å². The van der Waals surface area contributed by atoms with Gasteiger partial charge in [-0.1, -0.05) is 23.8 Å². The number of nitrogens with zero attached hydrogens (tertiary/aromatic N) is 2. The summed E-state index contributed by atoms with van der Waals surface area (Å²) in [6.07, 6.45) is 0. The molecule has 0 aliphatic heterocycles. The monoisotopic (exact) mass is 300 g/mol. The molecule has 0 fully saturated rings. The summed E-state index contributed by atoms with van der Waals surface area (Å²) in [6.45, 7) is 1.97. The summed E-state index contributed by atoms with van der Waals surface area (Å²) in [6, 6.07) is 7.69. The Morgan fingerprint density at radius 2 is 2.14 bits per heavy atom. The van der Waals surface area contributed by atoms with Crippen LogP contribution in [-0.4, -0.2) is 20.6 Å². The molecule has 0 saturated carbocycles. The Morgan fingerprint density at radius 3 is 2.81 bits per heavy atom. The third-order valence-electron chi connectivity index (χ3n) is 3.32. The molecule has 0 bridgehead atoms. The molecule has 1 aromatic carbocycles. The van der Waals surface area contributed by atoms with Crippen LogP contribution in [0.2, 0.25) is 0 Å². The summed E-state index contributed by atoms with van der Waals surface area (Å²) in [7, 11) is 1.61. The highest BCUT2D eigenvalue weighted by Gasteiger charge is 2.18. The average Bonchev–Trinajstić information content (AvgIpc) is 2.87. The van der Waals surface area contributed by atoms with Crippen molar-refractivity contribution in [3.05, 3.63) is 51.1 Å². The quantitative estimate of drug-likeness (QED) is 0.789. The number of thiophene rings is 1. The number of rotatable bonds is 2. The molecule has 1 N–H and O–H groups in total. The summed E-state index contributed by atoms with van der Waals surface area (Å²) in [5, 5.41) is 10.8. The number of carboxylic acid groups (broad SMARTS) is 1. The fourth-order valence-electron chi connectivity index (χ4n) is 2.27. The van der Waals surface area contributed by atoms with E-state index in [9.17, 15) is 9.59 Å². The van der Waals surface area contributed by atoms with Gasteiger partial charge in [0.15, 0.2) is 0 Å². The van der Waals surface area contributed by atoms with Gasteiger partial charge >= 0.3 is 5.97 Å². The van der Waals surface area contributed by atoms with Gasteiger partial charge in [0.1, 0.15) is 10.7 Å². The number of fused-ring (bicyclic) bond motifs is 1. The Bertz CT molecular complexity index is 924. The minimum Gasteiger partial charge on any atom is -0.478 e. The average molecular weight is 300 g/mol. The van der Waals surface area contributed by atoms with Crippen molar-refractivity contribution in [2.45, 2.75) is 6.92 Å². The van der Waals surface area contributed by atoms with Crippen molar-refractivity contribution in [2.24, 2.45) is 7.05 Å². The van der Waals surface area contributed by atoms with E-state index in [1.807, 2.05) is 31.2 Å². The van der Waals surface area contributed by atoms with E-state index in [0.29, 0.717) is 10.7 Å². The lowest BCUT2D eigenvalue weighted by molar-refractivity contribution is 0.0699. The van der Waals surface area contributed by atoms with E-state index in [0.717, 1.165) is 11.1 Å². The Labute approximate surface area is 124 Å². The van der Waals surface area contributed by atoms with Crippen LogP contribution < -0.4 is 5.56 Å². The summed E-state index contributed by atoms with van der Waals surface area (Å²) in [5.74, 6) is -0.571. The summed E-state index contributed by atoms with van der Waals surface area (Å²) in [4.78, 5) is 28.5. The topological polar surface area (TPSA) is 72.2 Å². The van der Waals surface area contributed by atoms with Crippen molar-refractivity contribution >= 4 is 27.5 Å². The lowest BCUT2D eigenvalue weighted by atomic mass is 10.1. The Kier molecular flexibility index (Phi) is 3.10. The number of hydrogen-bond acceptors (Lipinski definition) is 4. The molecular weight excluding hydrogens is 288 g/mol.